The van der Waals surface area contributed by atoms with Crippen molar-refractivity contribution in [2.24, 2.45) is 11.7 Å². The van der Waals surface area contributed by atoms with Crippen LogP contribution in [0.4, 0.5) is 0 Å². The van der Waals surface area contributed by atoms with Crippen molar-refractivity contribution in [3.8, 4) is 11.3 Å². The second-order valence-electron chi connectivity index (χ2n) is 5.87. The van der Waals surface area contributed by atoms with E-state index in [9.17, 15) is 4.79 Å². The van der Waals surface area contributed by atoms with Crippen LogP contribution < -0.4 is 11.1 Å². The van der Waals surface area contributed by atoms with Gasteiger partial charge in [0.25, 0.3) is 0 Å². The minimum absolute atomic E-state index is 0. The highest BCUT2D eigenvalue weighted by molar-refractivity contribution is 6.30. The standard InChI is InChI=1S/C17H20ClN3O2.2ClH/c18-13-5-3-12(4-6-13)15-10-20-17(23-15)8-7-16(22)21-14(9-19)11-1-2-11;;/h3-6,10-11,14H,1-2,7-9,19H2,(H,21,22);2*1H. The zero-order valence-corrected chi connectivity index (χ0v) is 16.0. The van der Waals surface area contributed by atoms with Gasteiger partial charge in [-0.2, -0.15) is 0 Å². The number of nitrogens with zero attached hydrogens (tertiary/aromatic N) is 1. The number of halogens is 3. The number of oxazole rings is 1. The smallest absolute Gasteiger partial charge is 0.220 e. The van der Waals surface area contributed by atoms with Gasteiger partial charge in [0.1, 0.15) is 0 Å². The maximum absolute atomic E-state index is 12.0. The number of aryl methyl sites for hydroxylation is 1. The third-order valence-corrected chi connectivity index (χ3v) is 4.29. The van der Waals surface area contributed by atoms with Crippen molar-refractivity contribution < 1.29 is 9.21 Å². The molecule has 5 nitrogen and oxygen atoms in total. The summed E-state index contributed by atoms with van der Waals surface area (Å²) in [5.41, 5.74) is 6.60. The number of nitrogens with two attached hydrogens (primary N) is 1. The van der Waals surface area contributed by atoms with E-state index >= 15 is 0 Å². The van der Waals surface area contributed by atoms with Gasteiger partial charge < -0.3 is 15.5 Å². The van der Waals surface area contributed by atoms with E-state index in [2.05, 4.69) is 10.3 Å². The fraction of sp³-hybridized carbons (Fsp3) is 0.412. The van der Waals surface area contributed by atoms with Crippen LogP contribution in [0, 0.1) is 5.92 Å². The second-order valence-corrected chi connectivity index (χ2v) is 6.31. The first kappa shape index (κ1) is 21.8. The number of amides is 1. The lowest BCUT2D eigenvalue weighted by atomic mass is 10.1. The van der Waals surface area contributed by atoms with Crippen molar-refractivity contribution in [2.75, 3.05) is 6.54 Å². The Kier molecular flexibility index (Phi) is 8.73. The summed E-state index contributed by atoms with van der Waals surface area (Å²) in [6, 6.07) is 7.47. The van der Waals surface area contributed by atoms with Crippen LogP contribution in [0.25, 0.3) is 11.3 Å². The van der Waals surface area contributed by atoms with Crippen LogP contribution in [0.5, 0.6) is 0 Å². The van der Waals surface area contributed by atoms with E-state index in [4.69, 9.17) is 21.8 Å². The van der Waals surface area contributed by atoms with Crippen LogP contribution in [0.15, 0.2) is 34.9 Å². The quantitative estimate of drug-likeness (QED) is 0.736. The normalized spacial score (nSPS) is 14.2. The number of aromatic nitrogens is 1. The largest absolute Gasteiger partial charge is 0.441 e. The minimum atomic E-state index is -0.00130. The third-order valence-electron chi connectivity index (χ3n) is 4.04. The first-order chi connectivity index (χ1) is 11.2. The molecule has 0 spiro atoms. The molecular weight excluding hydrogens is 385 g/mol. The van der Waals surface area contributed by atoms with Gasteiger partial charge in [0.15, 0.2) is 11.7 Å². The maximum Gasteiger partial charge on any atom is 0.220 e. The first-order valence-electron chi connectivity index (χ1n) is 7.86. The van der Waals surface area contributed by atoms with Crippen molar-refractivity contribution in [1.29, 1.82) is 0 Å². The molecule has 138 valence electrons. The van der Waals surface area contributed by atoms with Crippen molar-refractivity contribution >= 4 is 42.3 Å². The number of benzene rings is 1. The Morgan fingerprint density at radius 1 is 1.32 bits per heavy atom. The van der Waals surface area contributed by atoms with Crippen LogP contribution in [-0.4, -0.2) is 23.5 Å². The van der Waals surface area contributed by atoms with Gasteiger partial charge in [0.05, 0.1) is 6.20 Å². The molecule has 1 unspecified atom stereocenters. The fourth-order valence-electron chi connectivity index (χ4n) is 2.54. The Morgan fingerprint density at radius 3 is 2.60 bits per heavy atom. The Balaban J connectivity index is 0.00000156. The van der Waals surface area contributed by atoms with Gasteiger partial charge in [-0.05, 0) is 43.0 Å². The van der Waals surface area contributed by atoms with Crippen molar-refractivity contribution in [2.45, 2.75) is 31.7 Å². The molecule has 1 aliphatic rings. The van der Waals surface area contributed by atoms with E-state index in [1.165, 1.54) is 0 Å². The Bertz CT molecular complexity index is 672. The predicted molar refractivity (Wildman–Crippen MR) is 103 cm³/mol. The molecule has 1 fully saturated rings. The Morgan fingerprint density at radius 2 is 2.00 bits per heavy atom. The highest BCUT2D eigenvalue weighted by Crippen LogP contribution is 2.32. The first-order valence-corrected chi connectivity index (χ1v) is 8.23. The number of carbonyl (C=O) groups excluding carboxylic acids is 1. The van der Waals surface area contributed by atoms with Gasteiger partial charge in [-0.3, -0.25) is 4.79 Å². The summed E-state index contributed by atoms with van der Waals surface area (Å²) in [4.78, 5) is 16.2. The lowest BCUT2D eigenvalue weighted by molar-refractivity contribution is -0.121. The maximum atomic E-state index is 12.0. The van der Waals surface area contributed by atoms with Crippen LogP contribution in [0.1, 0.15) is 25.2 Å². The molecule has 3 rings (SSSR count). The summed E-state index contributed by atoms with van der Waals surface area (Å²) < 4.78 is 5.69. The molecular formula is C17H22Cl3N3O2. The molecule has 1 amide bonds. The summed E-state index contributed by atoms with van der Waals surface area (Å²) in [5, 5.41) is 3.67. The van der Waals surface area contributed by atoms with Crippen molar-refractivity contribution in [3.63, 3.8) is 0 Å². The second kappa shape index (κ2) is 10.0. The summed E-state index contributed by atoms with van der Waals surface area (Å²) in [7, 11) is 0. The van der Waals surface area contributed by atoms with E-state index in [1.54, 1.807) is 18.3 Å². The minimum Gasteiger partial charge on any atom is -0.441 e. The molecule has 1 atom stereocenters. The zero-order chi connectivity index (χ0) is 16.2. The van der Waals surface area contributed by atoms with Gasteiger partial charge in [-0.25, -0.2) is 4.98 Å². The van der Waals surface area contributed by atoms with Gasteiger partial charge in [-0.15, -0.1) is 24.8 Å². The third kappa shape index (κ3) is 6.19. The molecule has 0 bridgehead atoms. The molecule has 1 heterocycles. The average Bonchev–Trinajstić information content (AvgIpc) is 3.29. The molecule has 1 aromatic heterocycles. The van der Waals surface area contributed by atoms with Crippen LogP contribution >= 0.6 is 36.4 Å². The number of hydrogen-bond acceptors (Lipinski definition) is 4. The highest BCUT2D eigenvalue weighted by Gasteiger charge is 2.31. The molecule has 3 N–H and O–H groups in total. The molecule has 0 radical (unpaired) electrons. The van der Waals surface area contributed by atoms with E-state index < -0.39 is 0 Å². The average molecular weight is 407 g/mol. The topological polar surface area (TPSA) is 81.1 Å². The van der Waals surface area contributed by atoms with E-state index in [0.717, 1.165) is 18.4 Å². The SMILES string of the molecule is Cl.Cl.NCC(NC(=O)CCc1ncc(-c2ccc(Cl)cc2)o1)C1CC1. The molecule has 0 aliphatic heterocycles. The molecule has 1 aromatic carbocycles. The van der Waals surface area contributed by atoms with Crippen LogP contribution in [0.2, 0.25) is 5.02 Å². The molecule has 8 heteroatoms. The van der Waals surface area contributed by atoms with Crippen LogP contribution in [0.3, 0.4) is 0 Å². The van der Waals surface area contributed by atoms with Gasteiger partial charge in [0, 0.05) is 36.0 Å². The molecule has 0 saturated heterocycles. The summed E-state index contributed by atoms with van der Waals surface area (Å²) in [5.74, 6) is 1.79. The summed E-state index contributed by atoms with van der Waals surface area (Å²) in [6.07, 6.45) is 4.81. The number of rotatable bonds is 7. The van der Waals surface area contributed by atoms with Gasteiger partial charge >= 0.3 is 0 Å². The molecule has 25 heavy (non-hydrogen) atoms. The lowest BCUT2D eigenvalue weighted by Gasteiger charge is -2.15. The highest BCUT2D eigenvalue weighted by atomic mass is 35.5. The predicted octanol–water partition coefficient (Wildman–Crippen LogP) is 3.62. The summed E-state index contributed by atoms with van der Waals surface area (Å²) >= 11 is 5.87. The Labute approximate surface area is 164 Å². The van der Waals surface area contributed by atoms with Gasteiger partial charge in [0.2, 0.25) is 5.91 Å². The number of carbonyl (C=O) groups is 1. The van der Waals surface area contributed by atoms with E-state index in [-0.39, 0.29) is 36.8 Å². The van der Waals surface area contributed by atoms with Crippen molar-refractivity contribution in [1.82, 2.24) is 10.3 Å². The zero-order valence-electron chi connectivity index (χ0n) is 13.6. The van der Waals surface area contributed by atoms with Crippen LogP contribution in [-0.2, 0) is 11.2 Å². The van der Waals surface area contributed by atoms with E-state index in [0.29, 0.717) is 42.0 Å². The van der Waals surface area contributed by atoms with Crippen molar-refractivity contribution in [3.05, 3.63) is 41.4 Å². The summed E-state index contributed by atoms with van der Waals surface area (Å²) in [6.45, 7) is 0.496. The number of hydrogen-bond donors (Lipinski definition) is 2. The molecule has 1 saturated carbocycles. The molecule has 2 aromatic rings. The van der Waals surface area contributed by atoms with Gasteiger partial charge in [-0.1, -0.05) is 11.6 Å². The monoisotopic (exact) mass is 405 g/mol. The lowest BCUT2D eigenvalue weighted by Crippen LogP contribution is -2.41. The molecule has 1 aliphatic carbocycles. The number of nitrogens with one attached hydrogen (secondary N) is 1. The fourth-order valence-corrected chi connectivity index (χ4v) is 2.67. The Hall–Kier alpha value is -1.27. The van der Waals surface area contributed by atoms with E-state index in [1.807, 2.05) is 12.1 Å².